The molecular weight excluding hydrogens is 360 g/mol. The first-order chi connectivity index (χ1) is 13.9. The molecule has 6 rings (SSSR count). The molecule has 5 fully saturated rings. The normalized spacial score (nSPS) is 48.0. The van der Waals surface area contributed by atoms with Gasteiger partial charge < -0.3 is 21.5 Å². The summed E-state index contributed by atoms with van der Waals surface area (Å²) >= 11 is 0. The number of rotatable bonds is 5. The molecular formula is C24H38N4O. The number of fused-ring (bicyclic) bond motifs is 2. The fraction of sp³-hybridized carbons (Fsp3) is 0.750. The van der Waals surface area contributed by atoms with Gasteiger partial charge in [0, 0.05) is 42.2 Å². The molecule has 1 heterocycles. The van der Waals surface area contributed by atoms with Gasteiger partial charge in [0.15, 0.2) is 0 Å². The van der Waals surface area contributed by atoms with Crippen molar-refractivity contribution in [3.8, 4) is 0 Å². The summed E-state index contributed by atoms with van der Waals surface area (Å²) in [6, 6.07) is 9.81. The molecule has 2 bridgehead atoms. The Bertz CT molecular complexity index is 754. The Morgan fingerprint density at radius 2 is 2.00 bits per heavy atom. The maximum absolute atomic E-state index is 11.1. The van der Waals surface area contributed by atoms with Gasteiger partial charge in [-0.2, -0.15) is 0 Å². The first-order valence-electron chi connectivity index (χ1n) is 11.5. The molecule has 1 aliphatic heterocycles. The van der Waals surface area contributed by atoms with E-state index in [0.29, 0.717) is 23.9 Å². The average molecular weight is 399 g/mol. The van der Waals surface area contributed by atoms with Crippen LogP contribution in [0.25, 0.3) is 0 Å². The van der Waals surface area contributed by atoms with Crippen molar-refractivity contribution in [3.05, 3.63) is 35.4 Å². The molecule has 5 heteroatoms. The van der Waals surface area contributed by atoms with E-state index in [1.165, 1.54) is 17.5 Å². The summed E-state index contributed by atoms with van der Waals surface area (Å²) in [4.78, 5) is 2.60. The third-order valence-corrected chi connectivity index (χ3v) is 9.23. The Balaban J connectivity index is 1.43. The zero-order valence-corrected chi connectivity index (χ0v) is 18.2. The standard InChI is InChI=1S/C24H38N4O/c1-15-4-6-16(7-5-15)13-27-14-23-9-8-17(20(29)12-23)10-18-11-19(26-2)21(25)22-24(18,23)28(22)3/h4-7,17-22,26-27,29H,8-14,25H2,1-3H3. The van der Waals surface area contributed by atoms with Crippen molar-refractivity contribution in [2.24, 2.45) is 23.0 Å². The number of nitrogens with two attached hydrogens (primary N) is 1. The molecule has 5 N–H and O–H groups in total. The predicted octanol–water partition coefficient (Wildman–Crippen LogP) is 1.62. The van der Waals surface area contributed by atoms with Crippen LogP contribution in [-0.2, 0) is 6.54 Å². The van der Waals surface area contributed by atoms with Gasteiger partial charge in [0.1, 0.15) is 0 Å². The zero-order valence-electron chi connectivity index (χ0n) is 18.2. The third-order valence-electron chi connectivity index (χ3n) is 9.23. The monoisotopic (exact) mass is 398 g/mol. The van der Waals surface area contributed by atoms with Gasteiger partial charge in [-0.25, -0.2) is 0 Å². The van der Waals surface area contributed by atoms with Crippen LogP contribution in [0, 0.1) is 24.2 Å². The van der Waals surface area contributed by atoms with E-state index in [1.807, 2.05) is 0 Å². The van der Waals surface area contributed by atoms with Crippen LogP contribution in [0.15, 0.2) is 24.3 Å². The number of aliphatic hydroxyl groups is 1. The fourth-order valence-corrected chi connectivity index (χ4v) is 7.90. The van der Waals surface area contributed by atoms with Crippen LogP contribution in [0.1, 0.15) is 43.2 Å². The maximum atomic E-state index is 11.1. The van der Waals surface area contributed by atoms with E-state index in [0.717, 1.165) is 38.8 Å². The van der Waals surface area contributed by atoms with Crippen molar-refractivity contribution < 1.29 is 5.11 Å². The van der Waals surface area contributed by atoms with Crippen LogP contribution in [0.3, 0.4) is 0 Å². The smallest absolute Gasteiger partial charge is 0.0575 e. The highest BCUT2D eigenvalue weighted by Gasteiger charge is 2.79. The van der Waals surface area contributed by atoms with E-state index in [1.54, 1.807) is 0 Å². The molecule has 1 spiro atoms. The van der Waals surface area contributed by atoms with Crippen molar-refractivity contribution >= 4 is 0 Å². The molecule has 160 valence electrons. The second-order valence-corrected chi connectivity index (χ2v) is 10.5. The first kappa shape index (κ1) is 20.0. The first-order valence-corrected chi connectivity index (χ1v) is 11.5. The van der Waals surface area contributed by atoms with Crippen molar-refractivity contribution in [3.63, 3.8) is 0 Å². The minimum atomic E-state index is -0.163. The molecule has 9 atom stereocenters. The number of likely N-dealkylation sites (tertiary alicyclic amines) is 1. The van der Waals surface area contributed by atoms with Gasteiger partial charge in [-0.1, -0.05) is 29.8 Å². The fourth-order valence-electron chi connectivity index (χ4n) is 7.90. The van der Waals surface area contributed by atoms with Crippen LogP contribution in [0.4, 0.5) is 0 Å². The summed E-state index contributed by atoms with van der Waals surface area (Å²) in [6.07, 6.45) is 5.43. The van der Waals surface area contributed by atoms with Crippen molar-refractivity contribution in [1.29, 1.82) is 0 Å². The number of aliphatic hydroxyl groups excluding tert-OH is 1. The lowest BCUT2D eigenvalue weighted by Crippen LogP contribution is -2.61. The molecule has 5 nitrogen and oxygen atoms in total. The quantitative estimate of drug-likeness (QED) is 0.568. The number of aryl methyl sites for hydroxylation is 1. The number of hydrogen-bond acceptors (Lipinski definition) is 5. The van der Waals surface area contributed by atoms with Gasteiger partial charge in [0.25, 0.3) is 0 Å². The second kappa shape index (κ2) is 7.03. The Kier molecular flexibility index (Phi) is 4.84. The molecule has 1 aromatic rings. The lowest BCUT2D eigenvalue weighted by atomic mass is 9.58. The highest BCUT2D eigenvalue weighted by Crippen LogP contribution is 2.69. The van der Waals surface area contributed by atoms with E-state index in [4.69, 9.17) is 5.73 Å². The maximum Gasteiger partial charge on any atom is 0.0575 e. The van der Waals surface area contributed by atoms with Crippen molar-refractivity contribution in [2.75, 3.05) is 20.6 Å². The van der Waals surface area contributed by atoms with Gasteiger partial charge in [-0.3, -0.25) is 4.90 Å². The Morgan fingerprint density at radius 1 is 1.24 bits per heavy atom. The zero-order chi connectivity index (χ0) is 20.4. The highest BCUT2D eigenvalue weighted by atomic mass is 16.3. The molecule has 0 radical (unpaired) electrons. The lowest BCUT2D eigenvalue weighted by Gasteiger charge is -2.49. The van der Waals surface area contributed by atoms with Crippen molar-refractivity contribution in [2.45, 2.75) is 75.3 Å². The average Bonchev–Trinajstić information content (AvgIpc) is 3.39. The molecule has 29 heavy (non-hydrogen) atoms. The van der Waals surface area contributed by atoms with E-state index >= 15 is 0 Å². The molecule has 4 aliphatic carbocycles. The molecule has 0 amide bonds. The Morgan fingerprint density at radius 3 is 2.69 bits per heavy atom. The number of hydrogen-bond donors (Lipinski definition) is 4. The Labute approximate surface area is 175 Å². The SMILES string of the molecule is CNC1CC2CC3CCC(CNCc4ccc(C)cc4)(CC3O)C23C(C1N)N3C. The van der Waals surface area contributed by atoms with Crippen LogP contribution >= 0.6 is 0 Å². The molecule has 4 saturated carbocycles. The van der Waals surface area contributed by atoms with Gasteiger partial charge in [0.05, 0.1) is 6.10 Å². The van der Waals surface area contributed by atoms with Crippen molar-refractivity contribution in [1.82, 2.24) is 15.5 Å². The van der Waals surface area contributed by atoms with E-state index in [-0.39, 0.29) is 23.1 Å². The van der Waals surface area contributed by atoms with E-state index in [9.17, 15) is 5.11 Å². The largest absolute Gasteiger partial charge is 0.393 e. The van der Waals surface area contributed by atoms with Gasteiger partial charge >= 0.3 is 0 Å². The molecule has 1 aromatic carbocycles. The summed E-state index contributed by atoms with van der Waals surface area (Å²) < 4.78 is 0. The highest BCUT2D eigenvalue weighted by molar-refractivity contribution is 5.35. The minimum Gasteiger partial charge on any atom is -0.393 e. The van der Waals surface area contributed by atoms with E-state index in [2.05, 4.69) is 60.8 Å². The molecule has 9 unspecified atom stereocenters. The number of benzene rings is 1. The number of nitrogens with one attached hydrogen (secondary N) is 2. The van der Waals surface area contributed by atoms with Gasteiger partial charge in [-0.15, -0.1) is 0 Å². The summed E-state index contributed by atoms with van der Waals surface area (Å²) in [6.45, 7) is 4.00. The minimum absolute atomic E-state index is 0.116. The lowest BCUT2D eigenvalue weighted by molar-refractivity contribution is -0.00757. The summed E-state index contributed by atoms with van der Waals surface area (Å²) in [5, 5.41) is 18.4. The van der Waals surface area contributed by atoms with Crippen LogP contribution in [-0.4, -0.2) is 60.4 Å². The third kappa shape index (κ3) is 2.78. The second-order valence-electron chi connectivity index (χ2n) is 10.5. The topological polar surface area (TPSA) is 73.3 Å². The molecule has 5 aliphatic rings. The van der Waals surface area contributed by atoms with Crippen LogP contribution in [0.5, 0.6) is 0 Å². The summed E-state index contributed by atoms with van der Waals surface area (Å²) in [5.41, 5.74) is 9.70. The van der Waals surface area contributed by atoms with Gasteiger partial charge in [-0.05, 0) is 70.5 Å². The van der Waals surface area contributed by atoms with Gasteiger partial charge in [0.2, 0.25) is 0 Å². The van der Waals surface area contributed by atoms with Crippen LogP contribution in [0.2, 0.25) is 0 Å². The number of nitrogens with zero attached hydrogens (tertiary/aromatic N) is 1. The van der Waals surface area contributed by atoms with Crippen LogP contribution < -0.4 is 16.4 Å². The predicted molar refractivity (Wildman–Crippen MR) is 116 cm³/mol. The van der Waals surface area contributed by atoms with E-state index < -0.39 is 0 Å². The number of likely N-dealkylation sites (N-methyl/N-ethyl adjacent to an activating group) is 2. The summed E-state index contributed by atoms with van der Waals surface area (Å²) in [7, 11) is 4.35. The Hall–Kier alpha value is -0.980. The summed E-state index contributed by atoms with van der Waals surface area (Å²) in [5.74, 6) is 1.09. The molecule has 1 saturated heterocycles. The molecule has 0 aromatic heterocycles.